The predicted molar refractivity (Wildman–Crippen MR) is 458 cm³/mol. The fraction of sp³-hybridized carbons (Fsp3) is 0.426. The van der Waals surface area contributed by atoms with Crippen LogP contribution in [0.3, 0.4) is 0 Å². The molecule has 25 heteroatoms. The van der Waals surface area contributed by atoms with Crippen LogP contribution in [0.5, 0.6) is 5.75 Å². The average Bonchev–Trinajstić information content (AvgIpc) is 1.61. The van der Waals surface area contributed by atoms with Crippen LogP contribution in [0.25, 0.3) is 94.2 Å². The van der Waals surface area contributed by atoms with E-state index in [1.807, 2.05) is 93.3 Å². The van der Waals surface area contributed by atoms with Crippen molar-refractivity contribution in [2.45, 2.75) is 175 Å². The topological polar surface area (TPSA) is 250 Å². The third-order valence-electron chi connectivity index (χ3n) is 25.4. The molecule has 25 nitrogen and oxygen atoms in total. The molecule has 4 amide bonds. The minimum Gasteiger partial charge on any atom is -0.497 e. The van der Waals surface area contributed by atoms with Gasteiger partial charge in [-0.1, -0.05) is 31.7 Å². The molecule has 8 aliphatic rings. The lowest BCUT2D eigenvalue weighted by molar-refractivity contribution is -0.130. The predicted octanol–water partition coefficient (Wildman–Crippen LogP) is 14.9. The standard InChI is InChI=1S/C24H28N4O2.C24H26N4O2.C23H26N4O3.C23H26N4O2/c2*1-3-17-12-18-4-8-25-14-21(18)20(13-17)24-22-15-27(16(2)29)9-5-23(22)28(26-24)19-6-10-30-11-7-19;1-15(28)26-8-4-22-21(14-26)23(25-27(22)17-5-9-30-10-6-17)19-12-18(29-2)11-16-3-7-24-13-20(16)19;1-15-11-17-3-7-24-13-20(17)19(12-15)23-21-14-26(16(2)28)8-4-22(21)27(25-23)18-5-9-29-10-6-18/h4,8,12-14,19H,3,5-7,9-11,15H2,1-2H3;3-4,8,12-14,19H,1,5-7,9-11,15H2,2H3;3,7,11-13,17H,4-6,8-10,14H2,1-2H3;3,7,11-13,18H,4-6,8-10,14H2,1-2H3. The van der Waals surface area contributed by atoms with Gasteiger partial charge >= 0.3 is 0 Å². The number of pyridine rings is 4. The first-order valence-corrected chi connectivity index (χ1v) is 42.5. The molecule has 20 rings (SSSR count). The molecule has 0 radical (unpaired) electrons. The van der Waals surface area contributed by atoms with Crippen molar-refractivity contribution in [3.05, 3.63) is 191 Å². The Kier molecular flexibility index (Phi) is 23.7. The van der Waals surface area contributed by atoms with Crippen molar-refractivity contribution in [1.29, 1.82) is 0 Å². The van der Waals surface area contributed by atoms with E-state index in [0.29, 0.717) is 50.3 Å². The number of nitrogens with zero attached hydrogens (tertiary/aromatic N) is 16. The Labute approximate surface area is 693 Å². The number of benzene rings is 4. The average molecular weight is 1600 g/mol. The van der Waals surface area contributed by atoms with E-state index < -0.39 is 0 Å². The van der Waals surface area contributed by atoms with Gasteiger partial charge in [0.2, 0.25) is 23.6 Å². The van der Waals surface area contributed by atoms with Crippen LogP contribution in [0.4, 0.5) is 0 Å². The number of carbonyl (C=O) groups is 4. The molecule has 8 aromatic heterocycles. The number of amides is 4. The van der Waals surface area contributed by atoms with Gasteiger partial charge in [0.1, 0.15) is 5.75 Å². The molecule has 16 heterocycles. The summed E-state index contributed by atoms with van der Waals surface area (Å²) in [6.45, 7) is 26.5. The van der Waals surface area contributed by atoms with Crippen LogP contribution in [0.15, 0.2) is 129 Å². The molecule has 4 fully saturated rings. The highest BCUT2D eigenvalue weighted by atomic mass is 16.5. The van der Waals surface area contributed by atoms with Crippen molar-refractivity contribution in [3.63, 3.8) is 0 Å². The zero-order chi connectivity index (χ0) is 82.0. The molecular weight excluding hydrogens is 1500 g/mol. The zero-order valence-electron chi connectivity index (χ0n) is 69.5. The van der Waals surface area contributed by atoms with Crippen LogP contribution >= 0.6 is 0 Å². The summed E-state index contributed by atoms with van der Waals surface area (Å²) in [5.74, 6) is 1.24. The van der Waals surface area contributed by atoms with Crippen molar-refractivity contribution >= 4 is 72.8 Å². The molecule has 0 N–H and O–H groups in total. The maximum absolute atomic E-state index is 12.1. The Bertz CT molecular complexity index is 5640. The van der Waals surface area contributed by atoms with Crippen molar-refractivity contribution < 1.29 is 42.9 Å². The van der Waals surface area contributed by atoms with E-state index in [4.69, 9.17) is 44.1 Å². The summed E-state index contributed by atoms with van der Waals surface area (Å²) in [5.41, 5.74) is 21.5. The molecule has 0 bridgehead atoms. The van der Waals surface area contributed by atoms with Gasteiger partial charge in [-0.3, -0.25) is 57.8 Å². The summed E-state index contributed by atoms with van der Waals surface area (Å²) in [6.07, 6.45) is 28.9. The number of fused-ring (bicyclic) bond motifs is 8. The Morgan fingerprint density at radius 1 is 0.412 bits per heavy atom. The van der Waals surface area contributed by atoms with Gasteiger partial charge in [0.05, 0.1) is 54.1 Å². The Hall–Kier alpha value is -11.4. The summed E-state index contributed by atoms with van der Waals surface area (Å²) >= 11 is 0. The smallest absolute Gasteiger partial charge is 0.219 e. The largest absolute Gasteiger partial charge is 0.497 e. The second-order valence-electron chi connectivity index (χ2n) is 32.7. The van der Waals surface area contributed by atoms with E-state index in [-0.39, 0.29) is 23.6 Å². The quantitative estimate of drug-likeness (QED) is 0.117. The molecule has 0 atom stereocenters. The molecule has 119 heavy (non-hydrogen) atoms. The third-order valence-corrected chi connectivity index (χ3v) is 25.4. The zero-order valence-corrected chi connectivity index (χ0v) is 69.5. The fourth-order valence-corrected chi connectivity index (χ4v) is 18.9. The van der Waals surface area contributed by atoms with Gasteiger partial charge in [0.25, 0.3) is 0 Å². The first-order valence-electron chi connectivity index (χ1n) is 42.5. The molecule has 0 saturated carbocycles. The van der Waals surface area contributed by atoms with Crippen molar-refractivity contribution in [1.82, 2.24) is 78.7 Å². The van der Waals surface area contributed by atoms with Crippen LogP contribution in [0, 0.1) is 6.92 Å². The SMILES string of the molecule is C=Cc1cc(-c2nn(C3CCOCC3)c3c2CN(C(C)=O)CC3)c2cnccc2c1.CC(=O)N1CCc2c(c(-c3cc(C)cc4ccncc34)nn2C2CCOCC2)C1.CCc1cc(-c2nn(C3CCOCC3)c3c2CN(C(C)=O)CC3)c2cnccc2c1.COc1cc(-c2nn(C3CCOCC3)c3c2CN(C(C)=O)CC3)c2cnccc2c1. The monoisotopic (exact) mass is 1600 g/mol. The molecule has 0 aliphatic carbocycles. The normalized spacial score (nSPS) is 17.3. The molecule has 12 aromatic rings. The molecular formula is C94H106N16O9. The van der Waals surface area contributed by atoms with Crippen molar-refractivity contribution in [2.75, 3.05) is 86.1 Å². The number of ether oxygens (including phenoxy) is 5. The number of carbonyl (C=O) groups excluding carboxylic acids is 4. The number of aryl methyl sites for hydroxylation is 2. The third kappa shape index (κ3) is 16.4. The van der Waals surface area contributed by atoms with Gasteiger partial charge in [-0.25, -0.2) is 0 Å². The van der Waals surface area contributed by atoms with E-state index in [0.717, 1.165) is 262 Å². The molecule has 8 aliphatic heterocycles. The van der Waals surface area contributed by atoms with Gasteiger partial charge < -0.3 is 43.3 Å². The number of rotatable bonds is 11. The summed E-state index contributed by atoms with van der Waals surface area (Å²) in [7, 11) is 1.68. The second kappa shape index (κ2) is 35.3. The van der Waals surface area contributed by atoms with Gasteiger partial charge in [0.15, 0.2) is 0 Å². The highest BCUT2D eigenvalue weighted by molar-refractivity contribution is 6.01. The maximum Gasteiger partial charge on any atom is 0.219 e. The van der Waals surface area contributed by atoms with E-state index in [1.165, 1.54) is 55.8 Å². The Balaban J connectivity index is 0.000000113. The van der Waals surface area contributed by atoms with Crippen LogP contribution < -0.4 is 4.74 Å². The van der Waals surface area contributed by atoms with Crippen LogP contribution in [-0.2, 0) is 96.4 Å². The van der Waals surface area contributed by atoms with Gasteiger partial charge in [-0.15, -0.1) is 0 Å². The van der Waals surface area contributed by atoms with Crippen molar-refractivity contribution in [3.8, 4) is 50.8 Å². The fourth-order valence-electron chi connectivity index (χ4n) is 18.9. The van der Waals surface area contributed by atoms with Crippen LogP contribution in [0.1, 0.15) is 172 Å². The summed E-state index contributed by atoms with van der Waals surface area (Å²) in [6, 6.07) is 26.7. The van der Waals surface area contributed by atoms with Crippen LogP contribution in [-0.4, -0.2) is 188 Å². The van der Waals surface area contributed by atoms with Crippen molar-refractivity contribution in [2.24, 2.45) is 0 Å². The summed E-state index contributed by atoms with van der Waals surface area (Å²) in [4.78, 5) is 73.7. The second-order valence-corrected chi connectivity index (χ2v) is 32.7. The van der Waals surface area contributed by atoms with E-state index >= 15 is 0 Å². The van der Waals surface area contributed by atoms with E-state index in [2.05, 4.69) is 108 Å². The molecule has 0 unspecified atom stereocenters. The van der Waals surface area contributed by atoms with Gasteiger partial charge in [0, 0.05) is 297 Å². The minimum atomic E-state index is 0.0996. The first-order chi connectivity index (χ1) is 58.1. The first kappa shape index (κ1) is 80.1. The molecule has 616 valence electrons. The summed E-state index contributed by atoms with van der Waals surface area (Å²) < 4.78 is 36.8. The lowest BCUT2D eigenvalue weighted by Gasteiger charge is -2.29. The number of aromatic nitrogens is 12. The molecule has 4 saturated heterocycles. The summed E-state index contributed by atoms with van der Waals surface area (Å²) in [5, 5.41) is 29.6. The minimum absolute atomic E-state index is 0.0996. The lowest BCUT2D eigenvalue weighted by Crippen LogP contribution is -2.35. The maximum atomic E-state index is 12.1. The molecule has 0 spiro atoms. The van der Waals surface area contributed by atoms with E-state index in [1.54, 1.807) is 41.0 Å². The van der Waals surface area contributed by atoms with E-state index in [9.17, 15) is 19.2 Å². The van der Waals surface area contributed by atoms with Gasteiger partial charge in [-0.2, -0.15) is 20.4 Å². The number of hydrogen-bond donors (Lipinski definition) is 0. The Morgan fingerprint density at radius 2 is 0.714 bits per heavy atom. The number of hydrogen-bond acceptors (Lipinski definition) is 17. The highest BCUT2D eigenvalue weighted by Crippen LogP contribution is 2.44. The van der Waals surface area contributed by atoms with Gasteiger partial charge in [-0.05, 0) is 164 Å². The molecule has 4 aromatic carbocycles. The Morgan fingerprint density at radius 3 is 1.03 bits per heavy atom. The highest BCUT2D eigenvalue weighted by Gasteiger charge is 2.37. The number of methoxy groups -OCH3 is 1. The van der Waals surface area contributed by atoms with Crippen LogP contribution in [0.2, 0.25) is 0 Å². The lowest BCUT2D eigenvalue weighted by atomic mass is 9.95.